The third-order valence-electron chi connectivity index (χ3n) is 5.68. The van der Waals surface area contributed by atoms with E-state index >= 15 is 0 Å². The number of rotatable bonds is 6. The Labute approximate surface area is 183 Å². The molecule has 0 saturated carbocycles. The van der Waals surface area contributed by atoms with Gasteiger partial charge in [0.15, 0.2) is 0 Å². The molecule has 1 amide bonds. The second kappa shape index (κ2) is 9.60. The number of para-hydroxylation sites is 1. The fraction of sp³-hybridized carbons (Fsp3) is 0.320. The minimum Gasteiger partial charge on any atom is -0.439 e. The van der Waals surface area contributed by atoms with Crippen LogP contribution in [0.3, 0.4) is 0 Å². The molecule has 1 fully saturated rings. The Kier molecular flexibility index (Phi) is 6.46. The minimum absolute atomic E-state index is 0.118. The standard InChI is InChI=1S/C25H28N4O2/c1-19-8-6-7-11-22(19)31-24-16-23(26-18-27-24)28-14-15-29(20(2)17-28)25(30)13-12-21-9-4-3-5-10-21/h3-11,16,18,20H,12-15,17H2,1-2H3/t20-/m0/s1. The van der Waals surface area contributed by atoms with Crippen LogP contribution >= 0.6 is 0 Å². The van der Waals surface area contributed by atoms with Gasteiger partial charge in [-0.25, -0.2) is 9.97 Å². The monoisotopic (exact) mass is 416 g/mol. The smallest absolute Gasteiger partial charge is 0.224 e. The highest BCUT2D eigenvalue weighted by molar-refractivity contribution is 5.77. The predicted molar refractivity (Wildman–Crippen MR) is 121 cm³/mol. The number of carbonyl (C=O) groups excluding carboxylic acids is 1. The maximum absolute atomic E-state index is 12.8. The van der Waals surface area contributed by atoms with Gasteiger partial charge in [-0.1, -0.05) is 48.5 Å². The van der Waals surface area contributed by atoms with Gasteiger partial charge in [0.05, 0.1) is 0 Å². The zero-order valence-electron chi connectivity index (χ0n) is 18.1. The Morgan fingerprint density at radius 3 is 2.61 bits per heavy atom. The average molecular weight is 417 g/mol. The van der Waals surface area contributed by atoms with Crippen LogP contribution < -0.4 is 9.64 Å². The highest BCUT2D eigenvalue weighted by atomic mass is 16.5. The summed E-state index contributed by atoms with van der Waals surface area (Å²) in [5.41, 5.74) is 2.25. The van der Waals surface area contributed by atoms with Gasteiger partial charge >= 0.3 is 0 Å². The van der Waals surface area contributed by atoms with E-state index in [1.807, 2.05) is 60.4 Å². The minimum atomic E-state index is 0.118. The molecule has 1 aliphatic rings. The number of aromatic nitrogens is 2. The molecule has 1 aliphatic heterocycles. The van der Waals surface area contributed by atoms with Crippen molar-refractivity contribution >= 4 is 11.7 Å². The fourth-order valence-corrected chi connectivity index (χ4v) is 3.92. The van der Waals surface area contributed by atoms with Crippen LogP contribution in [0.5, 0.6) is 11.6 Å². The molecule has 2 heterocycles. The van der Waals surface area contributed by atoms with Gasteiger partial charge in [0, 0.05) is 38.2 Å². The van der Waals surface area contributed by atoms with Crippen molar-refractivity contribution in [3.8, 4) is 11.6 Å². The summed E-state index contributed by atoms with van der Waals surface area (Å²) in [4.78, 5) is 25.7. The van der Waals surface area contributed by atoms with Gasteiger partial charge in [-0.3, -0.25) is 4.79 Å². The zero-order chi connectivity index (χ0) is 21.6. The Hall–Kier alpha value is -3.41. The molecule has 2 aromatic carbocycles. The van der Waals surface area contributed by atoms with Gasteiger partial charge in [-0.05, 0) is 37.5 Å². The third kappa shape index (κ3) is 5.20. The number of hydrogen-bond acceptors (Lipinski definition) is 5. The van der Waals surface area contributed by atoms with Crippen LogP contribution in [-0.2, 0) is 11.2 Å². The van der Waals surface area contributed by atoms with Crippen molar-refractivity contribution in [3.05, 3.63) is 78.1 Å². The summed E-state index contributed by atoms with van der Waals surface area (Å²) < 4.78 is 5.96. The molecule has 6 nitrogen and oxygen atoms in total. The largest absolute Gasteiger partial charge is 0.439 e. The summed E-state index contributed by atoms with van der Waals surface area (Å²) in [7, 11) is 0. The van der Waals surface area contributed by atoms with Crippen molar-refractivity contribution in [2.75, 3.05) is 24.5 Å². The molecule has 3 aromatic rings. The molecule has 4 rings (SSSR count). The molecule has 0 N–H and O–H groups in total. The Morgan fingerprint density at radius 1 is 1.06 bits per heavy atom. The van der Waals surface area contributed by atoms with E-state index in [0.717, 1.165) is 36.6 Å². The average Bonchev–Trinajstić information content (AvgIpc) is 2.80. The van der Waals surface area contributed by atoms with Crippen LogP contribution in [0.2, 0.25) is 0 Å². The molecule has 0 aliphatic carbocycles. The Morgan fingerprint density at radius 2 is 1.84 bits per heavy atom. The van der Waals surface area contributed by atoms with Crippen LogP contribution in [0, 0.1) is 6.92 Å². The highest BCUT2D eigenvalue weighted by Gasteiger charge is 2.28. The van der Waals surface area contributed by atoms with E-state index in [4.69, 9.17) is 4.74 Å². The molecule has 0 unspecified atom stereocenters. The molecule has 31 heavy (non-hydrogen) atoms. The number of benzene rings is 2. The van der Waals surface area contributed by atoms with Crippen molar-refractivity contribution in [2.45, 2.75) is 32.7 Å². The van der Waals surface area contributed by atoms with Crippen LogP contribution in [0.4, 0.5) is 5.82 Å². The van der Waals surface area contributed by atoms with E-state index in [1.165, 1.54) is 11.9 Å². The molecule has 0 bridgehead atoms. The van der Waals surface area contributed by atoms with E-state index in [2.05, 4.69) is 33.9 Å². The van der Waals surface area contributed by atoms with Crippen LogP contribution in [0.15, 0.2) is 67.0 Å². The number of amides is 1. The van der Waals surface area contributed by atoms with Crippen molar-refractivity contribution in [3.63, 3.8) is 0 Å². The lowest BCUT2D eigenvalue weighted by molar-refractivity contribution is -0.133. The second-order valence-electron chi connectivity index (χ2n) is 7.95. The SMILES string of the molecule is Cc1ccccc1Oc1cc(N2CCN(C(=O)CCc3ccccc3)[C@@H](C)C2)ncn1. The number of piperazine rings is 1. The summed E-state index contributed by atoms with van der Waals surface area (Å²) in [6, 6.07) is 20.0. The normalized spacial score (nSPS) is 16.3. The molecule has 1 aromatic heterocycles. The number of carbonyl (C=O) groups is 1. The van der Waals surface area contributed by atoms with Crippen molar-refractivity contribution in [2.24, 2.45) is 0 Å². The first-order valence-electron chi connectivity index (χ1n) is 10.7. The summed E-state index contributed by atoms with van der Waals surface area (Å²) >= 11 is 0. The van der Waals surface area contributed by atoms with E-state index in [0.29, 0.717) is 18.8 Å². The summed E-state index contributed by atoms with van der Waals surface area (Å²) in [6.45, 7) is 6.26. The molecule has 1 atom stereocenters. The first kappa shape index (κ1) is 20.8. The number of hydrogen-bond donors (Lipinski definition) is 0. The topological polar surface area (TPSA) is 58.6 Å². The number of nitrogens with zero attached hydrogens (tertiary/aromatic N) is 4. The molecular formula is C25H28N4O2. The Balaban J connectivity index is 1.36. The lowest BCUT2D eigenvalue weighted by Gasteiger charge is -2.40. The third-order valence-corrected chi connectivity index (χ3v) is 5.68. The van der Waals surface area contributed by atoms with E-state index < -0.39 is 0 Å². The summed E-state index contributed by atoms with van der Waals surface area (Å²) in [6.07, 6.45) is 2.85. The molecular weight excluding hydrogens is 388 g/mol. The van der Waals surface area contributed by atoms with Crippen LogP contribution in [0.25, 0.3) is 0 Å². The zero-order valence-corrected chi connectivity index (χ0v) is 18.1. The van der Waals surface area contributed by atoms with Gasteiger partial charge < -0.3 is 14.5 Å². The first-order chi connectivity index (χ1) is 15.1. The highest BCUT2D eigenvalue weighted by Crippen LogP contribution is 2.26. The molecule has 160 valence electrons. The molecule has 1 saturated heterocycles. The van der Waals surface area contributed by atoms with Crippen LogP contribution in [-0.4, -0.2) is 46.5 Å². The number of ether oxygens (including phenoxy) is 1. The number of aryl methyl sites for hydroxylation is 2. The van der Waals surface area contributed by atoms with E-state index in [9.17, 15) is 4.79 Å². The van der Waals surface area contributed by atoms with Gasteiger partial charge in [-0.2, -0.15) is 0 Å². The van der Waals surface area contributed by atoms with Gasteiger partial charge in [0.25, 0.3) is 0 Å². The second-order valence-corrected chi connectivity index (χ2v) is 7.95. The molecule has 6 heteroatoms. The van der Waals surface area contributed by atoms with Gasteiger partial charge in [0.2, 0.25) is 11.8 Å². The maximum Gasteiger partial charge on any atom is 0.224 e. The van der Waals surface area contributed by atoms with E-state index in [-0.39, 0.29) is 11.9 Å². The van der Waals surface area contributed by atoms with Crippen LogP contribution in [0.1, 0.15) is 24.5 Å². The summed E-state index contributed by atoms with van der Waals surface area (Å²) in [5.74, 6) is 2.34. The van der Waals surface area contributed by atoms with Crippen molar-refractivity contribution in [1.82, 2.24) is 14.9 Å². The van der Waals surface area contributed by atoms with Gasteiger partial charge in [0.1, 0.15) is 17.9 Å². The van der Waals surface area contributed by atoms with Crippen molar-refractivity contribution < 1.29 is 9.53 Å². The first-order valence-corrected chi connectivity index (χ1v) is 10.7. The predicted octanol–water partition coefficient (Wildman–Crippen LogP) is 4.25. The Bertz CT molecular complexity index is 1020. The quantitative estimate of drug-likeness (QED) is 0.601. The maximum atomic E-state index is 12.8. The lowest BCUT2D eigenvalue weighted by Crippen LogP contribution is -2.54. The lowest BCUT2D eigenvalue weighted by atomic mass is 10.1. The summed E-state index contributed by atoms with van der Waals surface area (Å²) in [5, 5.41) is 0. The number of anilines is 1. The van der Waals surface area contributed by atoms with E-state index in [1.54, 1.807) is 0 Å². The molecule has 0 radical (unpaired) electrons. The molecule has 0 spiro atoms. The van der Waals surface area contributed by atoms with Gasteiger partial charge in [-0.15, -0.1) is 0 Å². The fourth-order valence-electron chi connectivity index (χ4n) is 3.92. The van der Waals surface area contributed by atoms with Crippen molar-refractivity contribution in [1.29, 1.82) is 0 Å².